The van der Waals surface area contributed by atoms with Gasteiger partial charge in [0.15, 0.2) is 0 Å². The summed E-state index contributed by atoms with van der Waals surface area (Å²) in [7, 11) is 0. The summed E-state index contributed by atoms with van der Waals surface area (Å²) < 4.78 is 5.76. The quantitative estimate of drug-likeness (QED) is 0.646. The van der Waals surface area contributed by atoms with Crippen LogP contribution in [-0.2, 0) is 0 Å². The molecule has 4 heteroatoms. The smallest absolute Gasteiger partial charge is 0.119 e. The molecule has 104 valence electrons. The molecule has 20 heavy (non-hydrogen) atoms. The van der Waals surface area contributed by atoms with Gasteiger partial charge in [-0.25, -0.2) is 5.43 Å². The number of aryl methyl sites for hydroxylation is 1. The molecule has 2 aromatic rings. The van der Waals surface area contributed by atoms with Crippen LogP contribution in [0.4, 0.5) is 0 Å². The van der Waals surface area contributed by atoms with E-state index in [9.17, 15) is 0 Å². The van der Waals surface area contributed by atoms with E-state index in [0.29, 0.717) is 6.10 Å². The first-order valence-corrected chi connectivity index (χ1v) is 6.92. The summed E-state index contributed by atoms with van der Waals surface area (Å²) >= 11 is 0. The maximum absolute atomic E-state index is 5.76. The van der Waals surface area contributed by atoms with Gasteiger partial charge < -0.3 is 4.74 Å². The molecule has 1 aliphatic rings. The molecule has 0 spiro atoms. The molecule has 1 aromatic carbocycles. The predicted molar refractivity (Wildman–Crippen MR) is 78.2 cm³/mol. The number of pyridine rings is 1. The Morgan fingerprint density at radius 1 is 1.25 bits per heavy atom. The Morgan fingerprint density at radius 2 is 2.00 bits per heavy atom. The van der Waals surface area contributed by atoms with Gasteiger partial charge in [-0.3, -0.25) is 10.8 Å². The standard InChI is InChI=1S/C16H19N3O/c1-11-3-2-10-18-15(11)16(19-17)12-4-6-13(7-5-12)20-14-8-9-14/h2-7,10,14,16,19H,8-9,17H2,1H3. The molecule has 1 heterocycles. The fourth-order valence-electron chi connectivity index (χ4n) is 2.25. The molecule has 1 aromatic heterocycles. The van der Waals surface area contributed by atoms with E-state index < -0.39 is 0 Å². The van der Waals surface area contributed by atoms with E-state index >= 15 is 0 Å². The molecule has 3 rings (SSSR count). The lowest BCUT2D eigenvalue weighted by Crippen LogP contribution is -2.30. The van der Waals surface area contributed by atoms with Gasteiger partial charge in [-0.2, -0.15) is 0 Å². The Bertz CT molecular complexity index is 579. The van der Waals surface area contributed by atoms with Crippen molar-refractivity contribution in [2.24, 2.45) is 5.84 Å². The molecule has 1 aliphatic carbocycles. The molecular formula is C16H19N3O. The minimum absolute atomic E-state index is 0.105. The molecule has 1 saturated carbocycles. The van der Waals surface area contributed by atoms with Crippen LogP contribution in [0.3, 0.4) is 0 Å². The van der Waals surface area contributed by atoms with Crippen LogP contribution in [0.2, 0.25) is 0 Å². The van der Waals surface area contributed by atoms with E-state index in [2.05, 4.69) is 10.4 Å². The molecule has 1 unspecified atom stereocenters. The third-order valence-corrected chi connectivity index (χ3v) is 3.53. The number of hydrogen-bond acceptors (Lipinski definition) is 4. The van der Waals surface area contributed by atoms with E-state index in [1.54, 1.807) is 6.20 Å². The Kier molecular flexibility index (Phi) is 3.67. The van der Waals surface area contributed by atoms with Crippen LogP contribution in [0.5, 0.6) is 5.75 Å². The molecule has 4 nitrogen and oxygen atoms in total. The summed E-state index contributed by atoms with van der Waals surface area (Å²) in [4.78, 5) is 4.43. The Morgan fingerprint density at radius 3 is 2.60 bits per heavy atom. The van der Waals surface area contributed by atoms with Crippen LogP contribution in [0, 0.1) is 6.92 Å². The second kappa shape index (κ2) is 5.61. The molecule has 0 bridgehead atoms. The van der Waals surface area contributed by atoms with Gasteiger partial charge in [0.1, 0.15) is 5.75 Å². The average Bonchev–Trinajstić information content (AvgIpc) is 3.27. The maximum atomic E-state index is 5.76. The van der Waals surface area contributed by atoms with Gasteiger partial charge in [0.05, 0.1) is 17.8 Å². The van der Waals surface area contributed by atoms with Crippen LogP contribution in [0.1, 0.15) is 35.7 Å². The number of hydrogen-bond donors (Lipinski definition) is 2. The van der Waals surface area contributed by atoms with E-state index in [0.717, 1.165) is 22.6 Å². The average molecular weight is 269 g/mol. The van der Waals surface area contributed by atoms with Gasteiger partial charge >= 0.3 is 0 Å². The number of nitrogens with one attached hydrogen (secondary N) is 1. The molecule has 3 N–H and O–H groups in total. The van der Waals surface area contributed by atoms with E-state index in [1.165, 1.54) is 12.8 Å². The van der Waals surface area contributed by atoms with E-state index in [-0.39, 0.29) is 6.04 Å². The highest BCUT2D eigenvalue weighted by Crippen LogP contribution is 2.28. The molecule has 1 fully saturated rings. The Balaban J connectivity index is 1.83. The monoisotopic (exact) mass is 269 g/mol. The van der Waals surface area contributed by atoms with Crippen molar-refractivity contribution < 1.29 is 4.74 Å². The minimum Gasteiger partial charge on any atom is -0.490 e. The van der Waals surface area contributed by atoms with Crippen molar-refractivity contribution in [3.8, 4) is 5.75 Å². The Labute approximate surface area is 119 Å². The highest BCUT2D eigenvalue weighted by Gasteiger charge is 2.23. The lowest BCUT2D eigenvalue weighted by Gasteiger charge is -2.18. The van der Waals surface area contributed by atoms with E-state index in [4.69, 9.17) is 10.6 Å². The number of aromatic nitrogens is 1. The van der Waals surface area contributed by atoms with Gasteiger partial charge in [-0.1, -0.05) is 18.2 Å². The SMILES string of the molecule is Cc1cccnc1C(NN)c1ccc(OC2CC2)cc1. The van der Waals surface area contributed by atoms with Crippen LogP contribution < -0.4 is 16.0 Å². The first-order valence-electron chi connectivity index (χ1n) is 6.92. The second-order valence-corrected chi connectivity index (χ2v) is 5.19. The van der Waals surface area contributed by atoms with Crippen molar-refractivity contribution in [1.82, 2.24) is 10.4 Å². The van der Waals surface area contributed by atoms with Gasteiger partial charge in [0.2, 0.25) is 0 Å². The zero-order valence-corrected chi connectivity index (χ0v) is 11.5. The van der Waals surface area contributed by atoms with Crippen molar-refractivity contribution in [3.63, 3.8) is 0 Å². The zero-order valence-electron chi connectivity index (χ0n) is 11.5. The molecule has 0 amide bonds. The van der Waals surface area contributed by atoms with Gasteiger partial charge in [-0.15, -0.1) is 0 Å². The summed E-state index contributed by atoms with van der Waals surface area (Å²) in [5.74, 6) is 6.63. The van der Waals surface area contributed by atoms with Crippen LogP contribution in [0.15, 0.2) is 42.6 Å². The van der Waals surface area contributed by atoms with Crippen LogP contribution in [0.25, 0.3) is 0 Å². The minimum atomic E-state index is -0.105. The van der Waals surface area contributed by atoms with E-state index in [1.807, 2.05) is 43.3 Å². The van der Waals surface area contributed by atoms with Crippen molar-refractivity contribution in [3.05, 3.63) is 59.4 Å². The molecule has 0 radical (unpaired) electrons. The second-order valence-electron chi connectivity index (χ2n) is 5.19. The molecule has 0 saturated heterocycles. The third-order valence-electron chi connectivity index (χ3n) is 3.53. The summed E-state index contributed by atoms with van der Waals surface area (Å²) in [6, 6.07) is 11.9. The third kappa shape index (κ3) is 2.81. The summed E-state index contributed by atoms with van der Waals surface area (Å²) in [5, 5.41) is 0. The number of nitrogens with zero attached hydrogens (tertiary/aromatic N) is 1. The highest BCUT2D eigenvalue weighted by atomic mass is 16.5. The first kappa shape index (κ1) is 13.1. The molecule has 1 atom stereocenters. The van der Waals surface area contributed by atoms with Crippen LogP contribution >= 0.6 is 0 Å². The molecule has 0 aliphatic heterocycles. The number of ether oxygens (including phenoxy) is 1. The largest absolute Gasteiger partial charge is 0.490 e. The number of rotatable bonds is 5. The fourth-order valence-corrected chi connectivity index (χ4v) is 2.25. The van der Waals surface area contributed by atoms with Gasteiger partial charge in [-0.05, 0) is 49.1 Å². The van der Waals surface area contributed by atoms with Crippen molar-refractivity contribution in [2.75, 3.05) is 0 Å². The normalized spacial score (nSPS) is 15.9. The predicted octanol–water partition coefficient (Wildman–Crippen LogP) is 2.48. The Hall–Kier alpha value is -1.91. The van der Waals surface area contributed by atoms with Crippen molar-refractivity contribution in [2.45, 2.75) is 31.9 Å². The zero-order chi connectivity index (χ0) is 13.9. The molecular weight excluding hydrogens is 250 g/mol. The maximum Gasteiger partial charge on any atom is 0.119 e. The lowest BCUT2D eigenvalue weighted by molar-refractivity contribution is 0.303. The highest BCUT2D eigenvalue weighted by molar-refractivity contribution is 5.35. The summed E-state index contributed by atoms with van der Waals surface area (Å²) in [6.07, 6.45) is 4.54. The lowest BCUT2D eigenvalue weighted by atomic mass is 10.0. The first-order chi connectivity index (χ1) is 9.78. The fraction of sp³-hybridized carbons (Fsp3) is 0.312. The number of nitrogens with two attached hydrogens (primary N) is 1. The van der Waals surface area contributed by atoms with Crippen molar-refractivity contribution in [1.29, 1.82) is 0 Å². The van der Waals surface area contributed by atoms with Gasteiger partial charge in [0.25, 0.3) is 0 Å². The topological polar surface area (TPSA) is 60.2 Å². The van der Waals surface area contributed by atoms with Crippen LogP contribution in [-0.4, -0.2) is 11.1 Å². The summed E-state index contributed by atoms with van der Waals surface area (Å²) in [6.45, 7) is 2.04. The van der Waals surface area contributed by atoms with Gasteiger partial charge in [0, 0.05) is 6.20 Å². The van der Waals surface area contributed by atoms with Crippen molar-refractivity contribution >= 4 is 0 Å². The number of benzene rings is 1. The number of hydrazine groups is 1. The summed E-state index contributed by atoms with van der Waals surface area (Å²) in [5.41, 5.74) is 5.99.